The van der Waals surface area contributed by atoms with Gasteiger partial charge in [0.2, 0.25) is 5.91 Å². The minimum atomic E-state index is -0.670. The van der Waals surface area contributed by atoms with Crippen LogP contribution in [0, 0.1) is 12.8 Å². The van der Waals surface area contributed by atoms with E-state index in [-0.39, 0.29) is 17.7 Å². The predicted molar refractivity (Wildman–Crippen MR) is 85.4 cm³/mol. The Bertz CT molecular complexity index is 767. The van der Waals surface area contributed by atoms with Crippen molar-refractivity contribution >= 4 is 17.6 Å². The third-order valence-corrected chi connectivity index (χ3v) is 3.92. The van der Waals surface area contributed by atoms with Crippen molar-refractivity contribution in [3.63, 3.8) is 0 Å². The summed E-state index contributed by atoms with van der Waals surface area (Å²) in [6.45, 7) is 3.35. The smallest absolute Gasteiger partial charge is 0.341 e. The molecule has 3 rings (SSSR count). The Morgan fingerprint density at radius 1 is 1.33 bits per heavy atom. The molecule has 1 aromatic heterocycles. The molecule has 1 atom stereocenters. The highest BCUT2D eigenvalue weighted by Crippen LogP contribution is 2.33. The summed E-state index contributed by atoms with van der Waals surface area (Å²) in [4.78, 5) is 30.4. The van der Waals surface area contributed by atoms with E-state index in [9.17, 15) is 9.59 Å². The number of carbonyl (C=O) groups excluding carboxylic acids is 2. The summed E-state index contributed by atoms with van der Waals surface area (Å²) < 4.78 is 10.4. The molecule has 0 radical (unpaired) electrons. The number of esters is 1. The number of amides is 1. The van der Waals surface area contributed by atoms with Crippen LogP contribution < -0.4 is 4.90 Å². The van der Waals surface area contributed by atoms with Gasteiger partial charge in [0, 0.05) is 13.0 Å². The standard InChI is InChI=1S/C17H19N3O4/c1-10(15-18-11(2)19-24-15)23-17(22)13-6-4-5-7-14(13)20(3)16(21)12-8-9-12/h4-7,10,12H,8-9H2,1-3H3/t10-/m1/s1. The lowest BCUT2D eigenvalue weighted by molar-refractivity contribution is -0.119. The quantitative estimate of drug-likeness (QED) is 0.784. The Morgan fingerprint density at radius 2 is 2.04 bits per heavy atom. The summed E-state index contributed by atoms with van der Waals surface area (Å²) in [5, 5.41) is 3.68. The van der Waals surface area contributed by atoms with Crippen LogP contribution in [-0.2, 0) is 9.53 Å². The van der Waals surface area contributed by atoms with Crippen LogP contribution in [0.15, 0.2) is 28.8 Å². The van der Waals surface area contributed by atoms with Gasteiger partial charge in [-0.2, -0.15) is 4.98 Å². The summed E-state index contributed by atoms with van der Waals surface area (Å²) in [7, 11) is 1.68. The van der Waals surface area contributed by atoms with E-state index < -0.39 is 12.1 Å². The molecule has 1 aliphatic carbocycles. The normalized spacial score (nSPS) is 15.0. The molecule has 1 saturated carbocycles. The molecular weight excluding hydrogens is 310 g/mol. The van der Waals surface area contributed by atoms with Gasteiger partial charge in [-0.1, -0.05) is 17.3 Å². The molecule has 24 heavy (non-hydrogen) atoms. The summed E-state index contributed by atoms with van der Waals surface area (Å²) in [5.41, 5.74) is 0.866. The monoisotopic (exact) mass is 329 g/mol. The summed E-state index contributed by atoms with van der Waals surface area (Å²) >= 11 is 0. The van der Waals surface area contributed by atoms with Crippen molar-refractivity contribution in [1.82, 2.24) is 10.1 Å². The maximum absolute atomic E-state index is 12.5. The average Bonchev–Trinajstić information content (AvgIpc) is 3.34. The number of aryl methyl sites for hydroxylation is 1. The Morgan fingerprint density at radius 3 is 2.67 bits per heavy atom. The second-order valence-corrected chi connectivity index (χ2v) is 5.92. The van der Waals surface area contributed by atoms with Crippen molar-refractivity contribution in [2.24, 2.45) is 5.92 Å². The van der Waals surface area contributed by atoms with E-state index in [1.165, 1.54) is 4.90 Å². The molecule has 7 heteroatoms. The molecule has 1 amide bonds. The van der Waals surface area contributed by atoms with Gasteiger partial charge in [0.05, 0.1) is 11.3 Å². The summed E-state index contributed by atoms with van der Waals surface area (Å²) in [6.07, 6.45) is 1.14. The molecule has 0 saturated heterocycles. The van der Waals surface area contributed by atoms with Crippen molar-refractivity contribution in [3.8, 4) is 0 Å². The van der Waals surface area contributed by atoms with Crippen molar-refractivity contribution in [2.45, 2.75) is 32.8 Å². The summed E-state index contributed by atoms with van der Waals surface area (Å²) in [6, 6.07) is 6.89. The molecule has 0 spiro atoms. The van der Waals surface area contributed by atoms with Gasteiger partial charge in [-0.25, -0.2) is 4.79 Å². The van der Waals surface area contributed by atoms with Crippen LogP contribution >= 0.6 is 0 Å². The van der Waals surface area contributed by atoms with Crippen molar-refractivity contribution in [3.05, 3.63) is 41.5 Å². The van der Waals surface area contributed by atoms with Crippen molar-refractivity contribution < 1.29 is 18.8 Å². The maximum atomic E-state index is 12.5. The number of nitrogens with zero attached hydrogens (tertiary/aromatic N) is 3. The molecule has 0 unspecified atom stereocenters. The Balaban J connectivity index is 1.78. The molecule has 2 aromatic rings. The molecule has 7 nitrogen and oxygen atoms in total. The van der Waals surface area contributed by atoms with Crippen molar-refractivity contribution in [1.29, 1.82) is 0 Å². The van der Waals surface area contributed by atoms with E-state index in [1.54, 1.807) is 45.2 Å². The second kappa shape index (κ2) is 6.43. The van der Waals surface area contributed by atoms with Crippen LogP contribution in [0.25, 0.3) is 0 Å². The van der Waals surface area contributed by atoms with Crippen LogP contribution in [0.4, 0.5) is 5.69 Å². The van der Waals surface area contributed by atoms with Gasteiger partial charge in [-0.05, 0) is 38.8 Å². The van der Waals surface area contributed by atoms with E-state index in [2.05, 4.69) is 10.1 Å². The van der Waals surface area contributed by atoms with Crippen LogP contribution in [0.3, 0.4) is 0 Å². The fourth-order valence-corrected chi connectivity index (χ4v) is 2.41. The first kappa shape index (κ1) is 16.2. The molecule has 0 N–H and O–H groups in total. The molecule has 0 bridgehead atoms. The van der Waals surface area contributed by atoms with E-state index in [1.807, 2.05) is 0 Å². The van der Waals surface area contributed by atoms with E-state index in [4.69, 9.17) is 9.26 Å². The minimum Gasteiger partial charge on any atom is -0.449 e. The number of anilines is 1. The first-order chi connectivity index (χ1) is 11.5. The number of rotatable bonds is 5. The lowest BCUT2D eigenvalue weighted by Crippen LogP contribution is -2.29. The number of hydrogen-bond donors (Lipinski definition) is 0. The molecule has 1 aromatic carbocycles. The Kier molecular flexibility index (Phi) is 4.33. The van der Waals surface area contributed by atoms with Gasteiger partial charge in [-0.15, -0.1) is 0 Å². The zero-order valence-corrected chi connectivity index (χ0v) is 13.9. The van der Waals surface area contributed by atoms with Gasteiger partial charge in [0.1, 0.15) is 0 Å². The fraction of sp³-hybridized carbons (Fsp3) is 0.412. The number of aromatic nitrogens is 2. The molecule has 1 fully saturated rings. The number of carbonyl (C=O) groups is 2. The first-order valence-corrected chi connectivity index (χ1v) is 7.85. The third-order valence-electron chi connectivity index (χ3n) is 3.92. The van der Waals surface area contributed by atoms with Gasteiger partial charge in [0.15, 0.2) is 11.9 Å². The van der Waals surface area contributed by atoms with Gasteiger partial charge in [-0.3, -0.25) is 4.79 Å². The predicted octanol–water partition coefficient (Wildman–Crippen LogP) is 2.67. The Labute approximate surface area is 139 Å². The average molecular weight is 329 g/mol. The summed E-state index contributed by atoms with van der Waals surface area (Å²) in [5.74, 6) is 0.267. The first-order valence-electron chi connectivity index (χ1n) is 7.85. The number of para-hydroxylation sites is 1. The number of benzene rings is 1. The zero-order valence-electron chi connectivity index (χ0n) is 13.9. The van der Waals surface area contributed by atoms with E-state index >= 15 is 0 Å². The van der Waals surface area contributed by atoms with Crippen LogP contribution in [-0.4, -0.2) is 29.1 Å². The number of hydrogen-bond acceptors (Lipinski definition) is 6. The van der Waals surface area contributed by atoms with Crippen LogP contribution in [0.5, 0.6) is 0 Å². The Hall–Kier alpha value is -2.70. The van der Waals surface area contributed by atoms with Gasteiger partial charge in [0.25, 0.3) is 5.89 Å². The highest BCUT2D eigenvalue weighted by atomic mass is 16.6. The van der Waals surface area contributed by atoms with Crippen LogP contribution in [0.2, 0.25) is 0 Å². The van der Waals surface area contributed by atoms with Crippen LogP contribution in [0.1, 0.15) is 47.9 Å². The number of ether oxygens (including phenoxy) is 1. The fourth-order valence-electron chi connectivity index (χ4n) is 2.41. The highest BCUT2D eigenvalue weighted by molar-refractivity contribution is 6.03. The molecule has 1 aliphatic rings. The molecule has 126 valence electrons. The SMILES string of the molecule is Cc1noc([C@@H](C)OC(=O)c2ccccc2N(C)C(=O)C2CC2)n1. The lowest BCUT2D eigenvalue weighted by atomic mass is 10.1. The topological polar surface area (TPSA) is 85.5 Å². The molecule has 1 heterocycles. The van der Waals surface area contributed by atoms with Crippen molar-refractivity contribution in [2.75, 3.05) is 11.9 Å². The molecular formula is C17H19N3O4. The molecule has 0 aliphatic heterocycles. The van der Waals surface area contributed by atoms with E-state index in [0.29, 0.717) is 17.1 Å². The highest BCUT2D eigenvalue weighted by Gasteiger charge is 2.33. The second-order valence-electron chi connectivity index (χ2n) is 5.92. The van der Waals surface area contributed by atoms with Gasteiger partial charge >= 0.3 is 5.97 Å². The lowest BCUT2D eigenvalue weighted by Gasteiger charge is -2.20. The minimum absolute atomic E-state index is 0.0239. The van der Waals surface area contributed by atoms with E-state index in [0.717, 1.165) is 12.8 Å². The third kappa shape index (κ3) is 3.29. The maximum Gasteiger partial charge on any atom is 0.341 e. The largest absolute Gasteiger partial charge is 0.449 e. The van der Waals surface area contributed by atoms with Gasteiger partial charge < -0.3 is 14.2 Å². The zero-order chi connectivity index (χ0) is 17.3.